The number of carbonyl (C=O) groups is 1. The highest BCUT2D eigenvalue weighted by Gasteiger charge is 2.14. The third-order valence-corrected chi connectivity index (χ3v) is 4.61. The number of hydrogen-bond acceptors (Lipinski definition) is 4. The summed E-state index contributed by atoms with van der Waals surface area (Å²) in [5, 5.41) is 0. The molecule has 1 aromatic heterocycles. The Kier molecular flexibility index (Phi) is 7.45. The lowest BCUT2D eigenvalue weighted by atomic mass is 10.1. The van der Waals surface area contributed by atoms with Crippen molar-refractivity contribution in [1.82, 2.24) is 9.88 Å². The molecule has 2 aromatic carbocycles. The van der Waals surface area contributed by atoms with Gasteiger partial charge in [0.25, 0.3) is 5.91 Å². The summed E-state index contributed by atoms with van der Waals surface area (Å²) in [6.07, 6.45) is 7.74. The number of carbonyl (C=O) groups excluding carboxylic acids is 1. The third-order valence-electron chi connectivity index (χ3n) is 4.61. The molecule has 0 saturated carbocycles. The van der Waals surface area contributed by atoms with Crippen LogP contribution >= 0.6 is 0 Å². The molecule has 0 aliphatic heterocycles. The van der Waals surface area contributed by atoms with Gasteiger partial charge in [-0.3, -0.25) is 9.78 Å². The minimum Gasteiger partial charge on any atom is -0.493 e. The Bertz CT molecular complexity index is 998. The summed E-state index contributed by atoms with van der Waals surface area (Å²) < 4.78 is 11.4. The topological polar surface area (TPSA) is 51.7 Å². The van der Waals surface area contributed by atoms with Crippen molar-refractivity contribution in [2.75, 3.05) is 13.7 Å². The maximum atomic E-state index is 12.2. The zero-order chi connectivity index (χ0) is 21.2. The number of methoxy groups -OCH3 is 1. The quantitative estimate of drug-likeness (QED) is 0.512. The van der Waals surface area contributed by atoms with Gasteiger partial charge in [0.1, 0.15) is 6.61 Å². The van der Waals surface area contributed by atoms with Crippen LogP contribution in [0.25, 0.3) is 0 Å². The predicted molar refractivity (Wildman–Crippen MR) is 116 cm³/mol. The van der Waals surface area contributed by atoms with Gasteiger partial charge >= 0.3 is 0 Å². The standard InChI is InChI=1S/C25H24N2O3/c1-3-25(28)27(16-14-22-11-7-8-15-26-22)18-21-12-13-23(24(17-21)29-2)30-19-20-9-5-4-6-10-20/h1,4-13,15,17H,14,16,18-19H2,2H3. The van der Waals surface area contributed by atoms with Crippen LogP contribution < -0.4 is 9.47 Å². The van der Waals surface area contributed by atoms with Gasteiger partial charge in [0.15, 0.2) is 11.5 Å². The van der Waals surface area contributed by atoms with E-state index in [9.17, 15) is 4.79 Å². The van der Waals surface area contributed by atoms with E-state index < -0.39 is 0 Å². The molecule has 5 nitrogen and oxygen atoms in total. The molecule has 30 heavy (non-hydrogen) atoms. The fourth-order valence-electron chi connectivity index (χ4n) is 3.02. The summed E-state index contributed by atoms with van der Waals surface area (Å²) >= 11 is 0. The highest BCUT2D eigenvalue weighted by Crippen LogP contribution is 2.29. The van der Waals surface area contributed by atoms with Gasteiger partial charge in [-0.25, -0.2) is 0 Å². The lowest BCUT2D eigenvalue weighted by Crippen LogP contribution is -2.31. The number of ether oxygens (including phenoxy) is 2. The van der Waals surface area contributed by atoms with Gasteiger partial charge < -0.3 is 14.4 Å². The van der Waals surface area contributed by atoms with Crippen LogP contribution in [0.1, 0.15) is 16.8 Å². The first-order valence-corrected chi connectivity index (χ1v) is 9.68. The maximum Gasteiger partial charge on any atom is 0.298 e. The van der Waals surface area contributed by atoms with Crippen molar-refractivity contribution in [3.05, 3.63) is 89.7 Å². The van der Waals surface area contributed by atoms with Crippen molar-refractivity contribution in [3.63, 3.8) is 0 Å². The molecule has 0 bridgehead atoms. The first-order valence-electron chi connectivity index (χ1n) is 9.68. The molecular formula is C25H24N2O3. The monoisotopic (exact) mass is 400 g/mol. The number of aromatic nitrogens is 1. The van der Waals surface area contributed by atoms with Gasteiger partial charge in [-0.05, 0) is 41.3 Å². The molecule has 0 unspecified atom stereocenters. The van der Waals surface area contributed by atoms with Crippen molar-refractivity contribution >= 4 is 5.91 Å². The lowest BCUT2D eigenvalue weighted by molar-refractivity contribution is -0.125. The Morgan fingerprint density at radius 1 is 1.03 bits per heavy atom. The number of terminal acetylenes is 1. The van der Waals surface area contributed by atoms with Gasteiger partial charge in [-0.1, -0.05) is 42.5 Å². The van der Waals surface area contributed by atoms with Gasteiger partial charge in [0, 0.05) is 31.4 Å². The number of nitrogens with zero attached hydrogens (tertiary/aromatic N) is 2. The second kappa shape index (κ2) is 10.7. The molecule has 5 heteroatoms. The Morgan fingerprint density at radius 2 is 1.83 bits per heavy atom. The van der Waals surface area contributed by atoms with Gasteiger partial charge in [-0.2, -0.15) is 0 Å². The van der Waals surface area contributed by atoms with Crippen LogP contribution in [0.2, 0.25) is 0 Å². The molecule has 1 heterocycles. The van der Waals surface area contributed by atoms with Gasteiger partial charge in [0.05, 0.1) is 7.11 Å². The Hall–Kier alpha value is -3.78. The molecule has 0 saturated heterocycles. The molecule has 0 fully saturated rings. The molecule has 0 aliphatic rings. The molecule has 3 rings (SSSR count). The Balaban J connectivity index is 1.68. The molecule has 0 aliphatic carbocycles. The highest BCUT2D eigenvalue weighted by molar-refractivity contribution is 5.92. The van der Waals surface area contributed by atoms with Crippen LogP contribution in [0.5, 0.6) is 11.5 Å². The number of pyridine rings is 1. The van der Waals surface area contributed by atoms with Crippen molar-refractivity contribution in [2.45, 2.75) is 19.6 Å². The van der Waals surface area contributed by atoms with E-state index in [1.165, 1.54) is 0 Å². The first-order chi connectivity index (χ1) is 14.7. The van der Waals surface area contributed by atoms with Gasteiger partial charge in [0.2, 0.25) is 0 Å². The molecule has 0 atom stereocenters. The molecule has 152 valence electrons. The van der Waals surface area contributed by atoms with Crippen LogP contribution in [-0.4, -0.2) is 29.4 Å². The van der Waals surface area contributed by atoms with E-state index in [1.807, 2.05) is 66.7 Å². The number of amides is 1. The van der Waals surface area contributed by atoms with E-state index in [0.29, 0.717) is 37.6 Å². The minimum atomic E-state index is -0.352. The van der Waals surface area contributed by atoms with Crippen molar-refractivity contribution in [1.29, 1.82) is 0 Å². The second-order valence-electron chi connectivity index (χ2n) is 6.70. The van der Waals surface area contributed by atoms with Crippen molar-refractivity contribution in [3.8, 4) is 23.8 Å². The van der Waals surface area contributed by atoms with E-state index in [-0.39, 0.29) is 5.91 Å². The third kappa shape index (κ3) is 5.86. The highest BCUT2D eigenvalue weighted by atomic mass is 16.5. The van der Waals surface area contributed by atoms with Crippen LogP contribution in [0.4, 0.5) is 0 Å². The molecule has 0 radical (unpaired) electrons. The Morgan fingerprint density at radius 3 is 2.53 bits per heavy atom. The molecule has 3 aromatic rings. The second-order valence-corrected chi connectivity index (χ2v) is 6.70. The smallest absolute Gasteiger partial charge is 0.298 e. The fourth-order valence-corrected chi connectivity index (χ4v) is 3.02. The fraction of sp³-hybridized carbons (Fsp3) is 0.200. The SMILES string of the molecule is C#CC(=O)N(CCc1ccccn1)Cc1ccc(OCc2ccccc2)c(OC)c1. The normalized spacial score (nSPS) is 10.1. The summed E-state index contributed by atoms with van der Waals surface area (Å²) in [4.78, 5) is 18.2. The predicted octanol–water partition coefficient (Wildman–Crippen LogP) is 3.87. The van der Waals surface area contributed by atoms with Crippen LogP contribution in [0, 0.1) is 12.3 Å². The largest absolute Gasteiger partial charge is 0.493 e. The van der Waals surface area contributed by atoms with Crippen molar-refractivity contribution < 1.29 is 14.3 Å². The molecule has 1 amide bonds. The average Bonchev–Trinajstić information content (AvgIpc) is 2.81. The maximum absolute atomic E-state index is 12.2. The van der Waals surface area contributed by atoms with Crippen molar-refractivity contribution in [2.24, 2.45) is 0 Å². The van der Waals surface area contributed by atoms with E-state index in [2.05, 4.69) is 10.9 Å². The van der Waals surface area contributed by atoms with Crippen LogP contribution in [0.3, 0.4) is 0 Å². The number of rotatable bonds is 9. The zero-order valence-electron chi connectivity index (χ0n) is 17.0. The summed E-state index contributed by atoms with van der Waals surface area (Å²) in [6.45, 7) is 1.31. The zero-order valence-corrected chi connectivity index (χ0v) is 17.0. The first kappa shape index (κ1) is 20.9. The summed E-state index contributed by atoms with van der Waals surface area (Å²) in [6, 6.07) is 21.3. The van der Waals surface area contributed by atoms with Gasteiger partial charge in [-0.15, -0.1) is 6.42 Å². The van der Waals surface area contributed by atoms with E-state index in [0.717, 1.165) is 16.8 Å². The molecule has 0 N–H and O–H groups in total. The van der Waals surface area contributed by atoms with Crippen LogP contribution in [0.15, 0.2) is 72.9 Å². The van der Waals surface area contributed by atoms with E-state index in [4.69, 9.17) is 15.9 Å². The Labute approximate surface area is 177 Å². The summed E-state index contributed by atoms with van der Waals surface area (Å²) in [7, 11) is 1.60. The minimum absolute atomic E-state index is 0.352. The van der Waals surface area contributed by atoms with Crippen LogP contribution in [-0.2, 0) is 24.4 Å². The molecular weight excluding hydrogens is 376 g/mol. The number of hydrogen-bond donors (Lipinski definition) is 0. The summed E-state index contributed by atoms with van der Waals surface area (Å²) in [5.74, 6) is 3.12. The number of benzene rings is 2. The van der Waals surface area contributed by atoms with E-state index >= 15 is 0 Å². The summed E-state index contributed by atoms with van der Waals surface area (Å²) in [5.41, 5.74) is 2.89. The molecule has 0 spiro atoms. The lowest BCUT2D eigenvalue weighted by Gasteiger charge is -2.21. The van der Waals surface area contributed by atoms with E-state index in [1.54, 1.807) is 18.2 Å². The average molecular weight is 400 g/mol.